The summed E-state index contributed by atoms with van der Waals surface area (Å²) in [5.74, 6) is 0.588. The fourth-order valence-corrected chi connectivity index (χ4v) is 3.41. The van der Waals surface area contributed by atoms with Crippen molar-refractivity contribution in [1.29, 1.82) is 0 Å². The highest BCUT2D eigenvalue weighted by Crippen LogP contribution is 2.30. The maximum Gasteiger partial charge on any atom is 0.266 e. The van der Waals surface area contributed by atoms with Gasteiger partial charge in [-0.2, -0.15) is 0 Å². The first kappa shape index (κ1) is 18.2. The Morgan fingerprint density at radius 1 is 1.14 bits per heavy atom. The van der Waals surface area contributed by atoms with Crippen LogP contribution >= 0.6 is 0 Å². The van der Waals surface area contributed by atoms with Crippen molar-refractivity contribution in [3.63, 3.8) is 0 Å². The Morgan fingerprint density at radius 2 is 2.00 bits per heavy atom. The first-order valence-corrected chi connectivity index (χ1v) is 9.62. The van der Waals surface area contributed by atoms with Crippen LogP contribution in [-0.4, -0.2) is 18.9 Å². The van der Waals surface area contributed by atoms with E-state index in [1.54, 1.807) is 6.07 Å². The third-order valence-electron chi connectivity index (χ3n) is 4.98. The molecule has 0 N–H and O–H groups in total. The largest absolute Gasteiger partial charge is 0.465 e. The molecule has 5 heteroatoms. The van der Waals surface area contributed by atoms with Crippen molar-refractivity contribution in [1.82, 2.24) is 0 Å². The second-order valence-electron chi connectivity index (χ2n) is 6.70. The van der Waals surface area contributed by atoms with E-state index in [4.69, 9.17) is 13.9 Å². The average Bonchev–Trinajstić information content (AvgIpc) is 3.18. The van der Waals surface area contributed by atoms with Crippen LogP contribution in [0.15, 0.2) is 76.5 Å². The molecular weight excluding hydrogens is 354 g/mol. The van der Waals surface area contributed by atoms with Gasteiger partial charge in [0.1, 0.15) is 18.1 Å². The number of hydrogen-bond acceptors (Lipinski definition) is 5. The van der Waals surface area contributed by atoms with Gasteiger partial charge >= 0.3 is 0 Å². The molecule has 2 heterocycles. The number of carbonyl (C=O) groups excluding carboxylic acids is 1. The Morgan fingerprint density at radius 3 is 2.75 bits per heavy atom. The van der Waals surface area contributed by atoms with Gasteiger partial charge in [-0.1, -0.05) is 18.2 Å². The summed E-state index contributed by atoms with van der Waals surface area (Å²) < 4.78 is 17.0. The zero-order chi connectivity index (χ0) is 19.5. The molecule has 0 amide bonds. The van der Waals surface area contributed by atoms with E-state index in [2.05, 4.69) is 24.8 Å². The van der Waals surface area contributed by atoms with Gasteiger partial charge in [-0.25, -0.2) is 0 Å². The molecular formula is C23H23NO4. The van der Waals surface area contributed by atoms with Crippen molar-refractivity contribution in [2.45, 2.75) is 26.7 Å². The van der Waals surface area contributed by atoms with Crippen LogP contribution in [0.5, 0.6) is 0 Å². The number of ether oxygens (including phenoxy) is 2. The van der Waals surface area contributed by atoms with E-state index in [0.717, 1.165) is 42.6 Å². The molecule has 2 aromatic rings. The standard InChI is InChI=1S/C23H23NO4/c1-3-24(4-2)18-11-10-17-12-20(27-19(17)13-18)23(25)22-15-26-14-21(28-22)16-8-6-5-7-9-16/h5-6,8,10-15H,3-4,7,9H2,1-2H3. The molecule has 1 aromatic heterocycles. The summed E-state index contributed by atoms with van der Waals surface area (Å²) >= 11 is 0. The van der Waals surface area contributed by atoms with Crippen LogP contribution in [0.1, 0.15) is 37.2 Å². The number of nitrogens with zero attached hydrogens (tertiary/aromatic N) is 1. The highest BCUT2D eigenvalue weighted by molar-refractivity contribution is 6.07. The Labute approximate surface area is 164 Å². The molecule has 0 bridgehead atoms. The lowest BCUT2D eigenvalue weighted by atomic mass is 10.0. The average molecular weight is 377 g/mol. The van der Waals surface area contributed by atoms with E-state index >= 15 is 0 Å². The number of anilines is 1. The van der Waals surface area contributed by atoms with Crippen LogP contribution in [0.25, 0.3) is 11.0 Å². The molecule has 5 nitrogen and oxygen atoms in total. The topological polar surface area (TPSA) is 51.9 Å². The molecule has 4 rings (SSSR count). The number of allylic oxidation sites excluding steroid dienone is 5. The van der Waals surface area contributed by atoms with Crippen LogP contribution in [0.3, 0.4) is 0 Å². The predicted molar refractivity (Wildman–Crippen MR) is 109 cm³/mol. The Balaban J connectivity index is 1.56. The second kappa shape index (κ2) is 7.80. The third-order valence-corrected chi connectivity index (χ3v) is 4.98. The van der Waals surface area contributed by atoms with Crippen LogP contribution in [0.4, 0.5) is 5.69 Å². The van der Waals surface area contributed by atoms with Gasteiger partial charge in [0.05, 0.1) is 0 Å². The quantitative estimate of drug-likeness (QED) is 0.625. The summed E-state index contributed by atoms with van der Waals surface area (Å²) in [7, 11) is 0. The number of Topliss-reactive ketones (excluding diaryl/α,β-unsaturated/α-hetero) is 1. The Hall–Kier alpha value is -3.21. The Bertz CT molecular complexity index is 1020. The summed E-state index contributed by atoms with van der Waals surface area (Å²) in [6.07, 6.45) is 10.7. The lowest BCUT2D eigenvalue weighted by Crippen LogP contribution is -2.21. The van der Waals surface area contributed by atoms with Gasteiger partial charge in [-0.15, -0.1) is 0 Å². The molecule has 2 aliphatic rings. The van der Waals surface area contributed by atoms with Gasteiger partial charge in [0.2, 0.25) is 5.76 Å². The molecule has 144 valence electrons. The lowest BCUT2D eigenvalue weighted by Gasteiger charge is -2.20. The molecule has 0 fully saturated rings. The van der Waals surface area contributed by atoms with E-state index < -0.39 is 0 Å². The molecule has 28 heavy (non-hydrogen) atoms. The minimum atomic E-state index is -0.335. The summed E-state index contributed by atoms with van der Waals surface area (Å²) in [6.45, 7) is 6.04. The van der Waals surface area contributed by atoms with Crippen molar-refractivity contribution < 1.29 is 18.7 Å². The number of carbonyl (C=O) groups is 1. The van der Waals surface area contributed by atoms with Gasteiger partial charge in [-0.3, -0.25) is 4.79 Å². The normalized spacial score (nSPS) is 16.0. The SMILES string of the molecule is CCN(CC)c1ccc2cc(C(=O)C3=COC=C(C4=CC=CCC4)O3)oc2c1. The Kier molecular flexibility index (Phi) is 5.06. The summed E-state index contributed by atoms with van der Waals surface area (Å²) in [5, 5.41) is 0.882. The third kappa shape index (κ3) is 3.48. The van der Waals surface area contributed by atoms with E-state index in [0.29, 0.717) is 11.3 Å². The van der Waals surface area contributed by atoms with Crippen molar-refractivity contribution in [2.75, 3.05) is 18.0 Å². The molecule has 1 aliphatic heterocycles. The van der Waals surface area contributed by atoms with Gasteiger partial charge < -0.3 is 18.8 Å². The number of benzene rings is 1. The first-order chi connectivity index (χ1) is 13.7. The smallest absolute Gasteiger partial charge is 0.266 e. The maximum atomic E-state index is 12.9. The molecule has 1 aliphatic carbocycles. The number of hydrogen-bond donors (Lipinski definition) is 0. The van der Waals surface area contributed by atoms with Crippen molar-refractivity contribution >= 4 is 22.4 Å². The fraction of sp³-hybridized carbons (Fsp3) is 0.261. The molecule has 0 atom stereocenters. The highest BCUT2D eigenvalue weighted by atomic mass is 16.5. The number of furan rings is 1. The van der Waals surface area contributed by atoms with Gasteiger partial charge in [0.15, 0.2) is 11.5 Å². The number of rotatable bonds is 6. The molecule has 0 spiro atoms. The summed E-state index contributed by atoms with van der Waals surface area (Å²) in [6, 6.07) is 7.73. The van der Waals surface area contributed by atoms with Crippen molar-refractivity contribution in [2.24, 2.45) is 0 Å². The predicted octanol–water partition coefficient (Wildman–Crippen LogP) is 5.47. The summed E-state index contributed by atoms with van der Waals surface area (Å²) in [4.78, 5) is 15.1. The zero-order valence-electron chi connectivity index (χ0n) is 16.1. The van der Waals surface area contributed by atoms with E-state index in [-0.39, 0.29) is 17.3 Å². The first-order valence-electron chi connectivity index (χ1n) is 9.62. The van der Waals surface area contributed by atoms with Gasteiger partial charge in [0, 0.05) is 30.2 Å². The number of ketones is 1. The zero-order valence-corrected chi connectivity index (χ0v) is 16.1. The van der Waals surface area contributed by atoms with E-state index in [1.165, 1.54) is 12.5 Å². The molecule has 0 saturated carbocycles. The van der Waals surface area contributed by atoms with Crippen LogP contribution in [0, 0.1) is 0 Å². The molecule has 0 radical (unpaired) electrons. The van der Waals surface area contributed by atoms with Crippen molar-refractivity contribution in [3.05, 3.63) is 77.9 Å². The minimum absolute atomic E-state index is 0.121. The lowest BCUT2D eigenvalue weighted by molar-refractivity contribution is 0.0909. The highest BCUT2D eigenvalue weighted by Gasteiger charge is 2.24. The second-order valence-corrected chi connectivity index (χ2v) is 6.70. The molecule has 0 saturated heterocycles. The fourth-order valence-electron chi connectivity index (χ4n) is 3.41. The minimum Gasteiger partial charge on any atom is -0.465 e. The molecule has 0 unspecified atom stereocenters. The number of fused-ring (bicyclic) bond motifs is 1. The van der Waals surface area contributed by atoms with Crippen LogP contribution in [-0.2, 0) is 9.47 Å². The van der Waals surface area contributed by atoms with E-state index in [1.807, 2.05) is 30.4 Å². The van der Waals surface area contributed by atoms with Crippen molar-refractivity contribution in [3.8, 4) is 0 Å². The van der Waals surface area contributed by atoms with Gasteiger partial charge in [-0.05, 0) is 50.5 Å². The van der Waals surface area contributed by atoms with Crippen LogP contribution in [0.2, 0.25) is 0 Å². The van der Waals surface area contributed by atoms with E-state index in [9.17, 15) is 4.79 Å². The molecule has 1 aromatic carbocycles. The van der Waals surface area contributed by atoms with Gasteiger partial charge in [0.25, 0.3) is 5.78 Å². The maximum absolute atomic E-state index is 12.9. The van der Waals surface area contributed by atoms with Crippen LogP contribution < -0.4 is 4.90 Å². The monoisotopic (exact) mass is 377 g/mol. The summed E-state index contributed by atoms with van der Waals surface area (Å²) in [5.41, 5.74) is 2.76.